The van der Waals surface area contributed by atoms with Gasteiger partial charge in [-0.05, 0) is 36.6 Å². The summed E-state index contributed by atoms with van der Waals surface area (Å²) < 4.78 is 0. The van der Waals surface area contributed by atoms with Gasteiger partial charge < -0.3 is 16.4 Å². The molecular weight excluding hydrogens is 424 g/mol. The summed E-state index contributed by atoms with van der Waals surface area (Å²) in [4.78, 5) is 11.0. The molecule has 2 aromatic carbocycles. The fourth-order valence-corrected chi connectivity index (χ4v) is 4.68. The lowest BCUT2D eigenvalue weighted by Crippen LogP contribution is -2.51. The van der Waals surface area contributed by atoms with E-state index in [1.807, 2.05) is 24.3 Å². The molecule has 0 saturated carbocycles. The maximum atomic E-state index is 11.4. The molecule has 6 nitrogen and oxygen atoms in total. The number of nitrogens with zero attached hydrogens (tertiary/aromatic N) is 1. The van der Waals surface area contributed by atoms with Gasteiger partial charge >= 0.3 is 0 Å². The zero-order valence-corrected chi connectivity index (χ0v) is 19.7. The van der Waals surface area contributed by atoms with Gasteiger partial charge in [-0.1, -0.05) is 79.8 Å². The molecular formula is C28H32N4O2. The first-order valence-electron chi connectivity index (χ1n) is 11.6. The first-order chi connectivity index (χ1) is 16.3. The number of nitrogens with one attached hydrogen (secondary N) is 2. The smallest absolute Gasteiger partial charge is 0.292 e. The Hall–Kier alpha value is -3.64. The molecule has 2 aliphatic carbocycles. The normalized spacial score (nSPS) is 25.9. The van der Waals surface area contributed by atoms with Crippen molar-refractivity contribution in [1.82, 2.24) is 5.32 Å². The molecule has 0 fully saturated rings. The van der Waals surface area contributed by atoms with Crippen LogP contribution in [0.1, 0.15) is 25.8 Å². The van der Waals surface area contributed by atoms with Gasteiger partial charge in [-0.25, -0.2) is 0 Å². The van der Waals surface area contributed by atoms with Crippen LogP contribution in [0.2, 0.25) is 0 Å². The Kier molecular flexibility index (Phi) is 6.70. The van der Waals surface area contributed by atoms with Gasteiger partial charge in [0.05, 0.1) is 10.5 Å². The highest BCUT2D eigenvalue weighted by Crippen LogP contribution is 2.39. The Balaban J connectivity index is 1.49. The average Bonchev–Trinajstić information content (AvgIpc) is 2.82. The molecule has 0 amide bonds. The minimum atomic E-state index is -0.594. The van der Waals surface area contributed by atoms with Crippen LogP contribution in [-0.2, 0) is 6.54 Å². The van der Waals surface area contributed by atoms with Gasteiger partial charge in [-0.15, -0.1) is 0 Å². The fraction of sp³-hybridized carbons (Fsp3) is 0.286. The zero-order valence-electron chi connectivity index (χ0n) is 19.7. The van der Waals surface area contributed by atoms with E-state index in [1.165, 1.54) is 11.6 Å². The van der Waals surface area contributed by atoms with Crippen molar-refractivity contribution in [2.24, 2.45) is 17.1 Å². The Morgan fingerprint density at radius 1 is 1.09 bits per heavy atom. The van der Waals surface area contributed by atoms with Crippen LogP contribution in [0.15, 0.2) is 102 Å². The van der Waals surface area contributed by atoms with E-state index in [-0.39, 0.29) is 21.9 Å². The minimum Gasteiger partial charge on any atom is -0.383 e. The van der Waals surface area contributed by atoms with E-state index in [0.717, 1.165) is 17.7 Å². The lowest BCUT2D eigenvalue weighted by atomic mass is 9.71. The fourth-order valence-electron chi connectivity index (χ4n) is 4.68. The minimum absolute atomic E-state index is 0.0118. The van der Waals surface area contributed by atoms with Crippen LogP contribution in [0.5, 0.6) is 0 Å². The van der Waals surface area contributed by atoms with Crippen molar-refractivity contribution >= 4 is 11.4 Å². The third-order valence-corrected chi connectivity index (χ3v) is 6.67. The molecule has 3 unspecified atom stereocenters. The highest BCUT2D eigenvalue weighted by molar-refractivity contribution is 5.61. The molecule has 0 bridgehead atoms. The first-order valence-corrected chi connectivity index (χ1v) is 11.6. The average molecular weight is 457 g/mol. The Bertz CT molecular complexity index is 1160. The van der Waals surface area contributed by atoms with E-state index in [1.54, 1.807) is 12.1 Å². The van der Waals surface area contributed by atoms with Crippen molar-refractivity contribution in [2.75, 3.05) is 11.9 Å². The second-order valence-corrected chi connectivity index (χ2v) is 9.60. The largest absolute Gasteiger partial charge is 0.383 e. The molecule has 0 heterocycles. The molecule has 4 N–H and O–H groups in total. The van der Waals surface area contributed by atoms with Gasteiger partial charge in [0.1, 0.15) is 5.69 Å². The lowest BCUT2D eigenvalue weighted by Gasteiger charge is -2.40. The molecule has 0 aromatic heterocycles. The van der Waals surface area contributed by atoms with E-state index in [4.69, 9.17) is 5.73 Å². The second kappa shape index (κ2) is 9.69. The summed E-state index contributed by atoms with van der Waals surface area (Å²) >= 11 is 0. The quantitative estimate of drug-likeness (QED) is 0.361. The van der Waals surface area contributed by atoms with Crippen molar-refractivity contribution in [3.05, 3.63) is 118 Å². The van der Waals surface area contributed by atoms with Gasteiger partial charge in [0.25, 0.3) is 5.69 Å². The standard InChI is InChI=1S/C28H32N4O2/c1-27(20-31-24-14-6-7-15-25(24)32(33)34)17-9-12-22(18-27)23-13-8-16-26(28(23,2)29)30-19-21-10-4-3-5-11-21/h3-16,18,23,30-31H,17,19-20,29H2,1-2H3. The topological polar surface area (TPSA) is 93.2 Å². The SMILES string of the molecule is CC1(CNc2ccccc2[N+](=O)[O-])C=C(C2C=CC=C(NCc3ccccc3)C2(C)N)C=CC1. The molecule has 4 rings (SSSR count). The van der Waals surface area contributed by atoms with Crippen LogP contribution in [0, 0.1) is 21.4 Å². The zero-order chi connectivity index (χ0) is 24.2. The number of hydrogen-bond acceptors (Lipinski definition) is 5. The Morgan fingerprint density at radius 3 is 2.59 bits per heavy atom. The van der Waals surface area contributed by atoms with Crippen LogP contribution in [0.4, 0.5) is 11.4 Å². The summed E-state index contributed by atoms with van der Waals surface area (Å²) in [5, 5.41) is 18.2. The van der Waals surface area contributed by atoms with Crippen molar-refractivity contribution in [1.29, 1.82) is 0 Å². The van der Waals surface area contributed by atoms with Gasteiger partial charge in [-0.2, -0.15) is 0 Å². The molecule has 0 radical (unpaired) electrons. The van der Waals surface area contributed by atoms with Crippen molar-refractivity contribution in [3.8, 4) is 0 Å². The summed E-state index contributed by atoms with van der Waals surface area (Å²) in [6, 6.07) is 17.0. The maximum Gasteiger partial charge on any atom is 0.292 e. The van der Waals surface area contributed by atoms with Crippen LogP contribution in [0.3, 0.4) is 0 Å². The molecule has 2 aromatic rings. The number of para-hydroxylation sites is 2. The van der Waals surface area contributed by atoms with Crippen molar-refractivity contribution in [3.63, 3.8) is 0 Å². The summed E-state index contributed by atoms with van der Waals surface area (Å²) in [6.07, 6.45) is 13.7. The van der Waals surface area contributed by atoms with E-state index >= 15 is 0 Å². The van der Waals surface area contributed by atoms with Gasteiger partial charge in [0.2, 0.25) is 0 Å². The van der Waals surface area contributed by atoms with E-state index in [0.29, 0.717) is 18.8 Å². The van der Waals surface area contributed by atoms with Gasteiger partial charge in [0.15, 0.2) is 0 Å². The number of nitrogens with two attached hydrogens (primary N) is 1. The predicted octanol–water partition coefficient (Wildman–Crippen LogP) is 5.48. The highest BCUT2D eigenvalue weighted by Gasteiger charge is 2.37. The van der Waals surface area contributed by atoms with Gasteiger partial charge in [0, 0.05) is 36.2 Å². The van der Waals surface area contributed by atoms with Gasteiger partial charge in [-0.3, -0.25) is 10.1 Å². The number of nitro groups is 1. The molecule has 0 saturated heterocycles. The lowest BCUT2D eigenvalue weighted by molar-refractivity contribution is -0.384. The monoisotopic (exact) mass is 456 g/mol. The predicted molar refractivity (Wildman–Crippen MR) is 138 cm³/mol. The molecule has 3 atom stereocenters. The maximum absolute atomic E-state index is 11.4. The summed E-state index contributed by atoms with van der Waals surface area (Å²) in [6.45, 7) is 5.53. The molecule has 2 aliphatic rings. The Morgan fingerprint density at radius 2 is 1.82 bits per heavy atom. The number of hydrogen-bond donors (Lipinski definition) is 3. The Labute approximate surface area is 201 Å². The number of allylic oxidation sites excluding steroid dienone is 4. The molecule has 176 valence electrons. The molecule has 0 aliphatic heterocycles. The number of rotatable bonds is 8. The third kappa shape index (κ3) is 5.13. The van der Waals surface area contributed by atoms with Crippen molar-refractivity contribution < 1.29 is 4.92 Å². The first kappa shape index (κ1) is 23.5. The third-order valence-electron chi connectivity index (χ3n) is 6.67. The molecule has 0 spiro atoms. The highest BCUT2D eigenvalue weighted by atomic mass is 16.6. The van der Waals surface area contributed by atoms with E-state index in [2.05, 4.69) is 73.1 Å². The molecule has 6 heteroatoms. The number of nitro benzene ring substituents is 1. The van der Waals surface area contributed by atoms with E-state index < -0.39 is 5.54 Å². The summed E-state index contributed by atoms with van der Waals surface area (Å²) in [5.74, 6) is 0.0118. The number of benzene rings is 2. The van der Waals surface area contributed by atoms with Crippen LogP contribution < -0.4 is 16.4 Å². The van der Waals surface area contributed by atoms with E-state index in [9.17, 15) is 10.1 Å². The molecule has 34 heavy (non-hydrogen) atoms. The second-order valence-electron chi connectivity index (χ2n) is 9.60. The van der Waals surface area contributed by atoms with Crippen molar-refractivity contribution in [2.45, 2.75) is 32.4 Å². The van der Waals surface area contributed by atoms with Crippen LogP contribution in [0.25, 0.3) is 0 Å². The van der Waals surface area contributed by atoms with Crippen LogP contribution in [-0.4, -0.2) is 17.0 Å². The number of anilines is 1. The summed E-state index contributed by atoms with van der Waals surface area (Å²) in [7, 11) is 0. The van der Waals surface area contributed by atoms with Crippen LogP contribution >= 0.6 is 0 Å². The summed E-state index contributed by atoms with van der Waals surface area (Å²) in [5.41, 5.74) is 10.1.